The Labute approximate surface area is 176 Å². The molecule has 162 valence electrons. The number of fused-ring (bicyclic) bond motifs is 1. The number of ether oxygens (including phenoxy) is 1. The van der Waals surface area contributed by atoms with E-state index in [1.54, 1.807) is 12.1 Å². The van der Waals surface area contributed by atoms with E-state index in [4.69, 9.17) is 4.74 Å². The van der Waals surface area contributed by atoms with Gasteiger partial charge < -0.3 is 9.64 Å². The largest absolute Gasteiger partial charge is 0.446 e. The van der Waals surface area contributed by atoms with Gasteiger partial charge in [0.2, 0.25) is 0 Å². The molecule has 2 saturated heterocycles. The van der Waals surface area contributed by atoms with Crippen LogP contribution in [0.1, 0.15) is 31.2 Å². The molecule has 4 rings (SSSR count). The number of thioether (sulfide) groups is 1. The molecule has 0 unspecified atom stereocenters. The van der Waals surface area contributed by atoms with E-state index in [1.807, 2.05) is 12.1 Å². The fourth-order valence-corrected chi connectivity index (χ4v) is 5.50. The van der Waals surface area contributed by atoms with Crippen molar-refractivity contribution in [2.45, 2.75) is 42.6 Å². The Balaban J connectivity index is 1.08. The maximum atomic E-state index is 12.4. The van der Waals surface area contributed by atoms with E-state index in [0.29, 0.717) is 5.92 Å². The molecule has 29 heavy (non-hydrogen) atoms. The van der Waals surface area contributed by atoms with Crippen LogP contribution < -0.4 is 0 Å². The second-order valence-electron chi connectivity index (χ2n) is 8.71. The van der Waals surface area contributed by atoms with E-state index in [1.165, 1.54) is 38.9 Å². The van der Waals surface area contributed by atoms with Gasteiger partial charge >= 0.3 is 5.51 Å². The second kappa shape index (κ2) is 9.58. The zero-order valence-corrected chi connectivity index (χ0v) is 17.7. The Hall–Kier alpha value is -0.760. The molecule has 2 aliphatic heterocycles. The Morgan fingerprint density at radius 1 is 0.966 bits per heavy atom. The smallest absolute Gasteiger partial charge is 0.381 e. The molecule has 1 saturated carbocycles. The summed E-state index contributed by atoms with van der Waals surface area (Å²) < 4.78 is 43.2. The van der Waals surface area contributed by atoms with Crippen LogP contribution in [0.3, 0.4) is 0 Å². The van der Waals surface area contributed by atoms with Gasteiger partial charge in [-0.25, -0.2) is 0 Å². The van der Waals surface area contributed by atoms with Crippen molar-refractivity contribution in [3.8, 4) is 0 Å². The van der Waals surface area contributed by atoms with Crippen LogP contribution in [-0.4, -0.2) is 61.2 Å². The van der Waals surface area contributed by atoms with Gasteiger partial charge in [0, 0.05) is 37.7 Å². The third-order valence-corrected chi connectivity index (χ3v) is 7.27. The highest BCUT2D eigenvalue weighted by Gasteiger charge is 2.55. The minimum atomic E-state index is -4.22. The van der Waals surface area contributed by atoms with Crippen LogP contribution in [0.4, 0.5) is 13.2 Å². The molecule has 1 aromatic rings. The lowest BCUT2D eigenvalue weighted by atomic mass is 10.1. The quantitative estimate of drug-likeness (QED) is 0.412. The molecule has 0 bridgehead atoms. The molecule has 1 aliphatic carbocycles. The first-order valence-corrected chi connectivity index (χ1v) is 11.7. The monoisotopic (exact) mass is 428 g/mol. The first-order valence-electron chi connectivity index (χ1n) is 10.8. The molecule has 3 fully saturated rings. The summed E-state index contributed by atoms with van der Waals surface area (Å²) in [4.78, 5) is 5.24. The summed E-state index contributed by atoms with van der Waals surface area (Å²) in [6, 6.07) is 6.79. The summed E-state index contributed by atoms with van der Waals surface area (Å²) in [7, 11) is 0. The van der Waals surface area contributed by atoms with Crippen LogP contribution in [-0.2, 0) is 11.3 Å². The third-order valence-electron chi connectivity index (χ3n) is 6.53. The Bertz CT molecular complexity index is 636. The van der Waals surface area contributed by atoms with Crippen molar-refractivity contribution < 1.29 is 17.9 Å². The molecule has 0 N–H and O–H groups in total. The predicted molar refractivity (Wildman–Crippen MR) is 110 cm³/mol. The predicted octanol–water partition coefficient (Wildman–Crippen LogP) is 4.87. The lowest BCUT2D eigenvalue weighted by Gasteiger charge is -2.26. The lowest BCUT2D eigenvalue weighted by Crippen LogP contribution is -2.31. The summed E-state index contributed by atoms with van der Waals surface area (Å²) in [6.07, 6.45) is 5.21. The Morgan fingerprint density at radius 3 is 2.31 bits per heavy atom. The van der Waals surface area contributed by atoms with Crippen molar-refractivity contribution in [2.24, 2.45) is 17.8 Å². The number of nitrogens with zero attached hydrogens (tertiary/aromatic N) is 2. The summed E-state index contributed by atoms with van der Waals surface area (Å²) in [5, 5.41) is 0. The number of piperidine rings is 2. The van der Waals surface area contributed by atoms with Crippen LogP contribution in [0.2, 0.25) is 0 Å². The fourth-order valence-electron chi connectivity index (χ4n) is 4.96. The van der Waals surface area contributed by atoms with Crippen molar-refractivity contribution in [3.05, 3.63) is 29.8 Å². The standard InChI is InChI=1S/C22H31F3N2OS/c23-22(24,25)29-18-7-5-17(6-8-18)13-27-14-19-20(15-27)21(19)16-28-12-4-11-26-9-2-1-3-10-26/h5-8,19-21H,1-4,9-16H2/t19-,20+,21-. The summed E-state index contributed by atoms with van der Waals surface area (Å²) in [6.45, 7) is 8.46. The van der Waals surface area contributed by atoms with Gasteiger partial charge in [0.1, 0.15) is 0 Å². The fraction of sp³-hybridized carbons (Fsp3) is 0.727. The number of rotatable bonds is 9. The molecule has 0 spiro atoms. The molecule has 0 amide bonds. The Kier molecular flexibility index (Phi) is 7.10. The maximum absolute atomic E-state index is 12.4. The number of benzene rings is 1. The summed E-state index contributed by atoms with van der Waals surface area (Å²) >= 11 is -0.0513. The topological polar surface area (TPSA) is 15.7 Å². The maximum Gasteiger partial charge on any atom is 0.446 e. The van der Waals surface area contributed by atoms with E-state index in [2.05, 4.69) is 9.80 Å². The van der Waals surface area contributed by atoms with Crippen LogP contribution in [0, 0.1) is 17.8 Å². The van der Waals surface area contributed by atoms with Gasteiger partial charge in [-0.2, -0.15) is 13.2 Å². The van der Waals surface area contributed by atoms with Crippen LogP contribution in [0.25, 0.3) is 0 Å². The SMILES string of the molecule is FC(F)(F)Sc1ccc(CN2C[C@@H]3[C@H](COCCCN4CCCCC4)[C@@H]3C2)cc1. The summed E-state index contributed by atoms with van der Waals surface area (Å²) in [5.74, 6) is 2.21. The van der Waals surface area contributed by atoms with E-state index >= 15 is 0 Å². The van der Waals surface area contributed by atoms with E-state index in [9.17, 15) is 13.2 Å². The highest BCUT2D eigenvalue weighted by Crippen LogP contribution is 2.52. The molecular formula is C22H31F3N2OS. The molecule has 3 atom stereocenters. The number of alkyl halides is 3. The molecule has 2 heterocycles. The summed E-state index contributed by atoms with van der Waals surface area (Å²) in [5.41, 5.74) is -3.13. The van der Waals surface area contributed by atoms with E-state index in [0.717, 1.165) is 56.7 Å². The Morgan fingerprint density at radius 2 is 1.66 bits per heavy atom. The van der Waals surface area contributed by atoms with Gasteiger partial charge in [0.15, 0.2) is 0 Å². The average molecular weight is 429 g/mol. The minimum Gasteiger partial charge on any atom is -0.381 e. The van der Waals surface area contributed by atoms with Crippen molar-refractivity contribution in [2.75, 3.05) is 45.9 Å². The first kappa shape index (κ1) is 21.5. The molecule has 7 heteroatoms. The van der Waals surface area contributed by atoms with Gasteiger partial charge in [-0.1, -0.05) is 18.6 Å². The molecule has 1 aromatic carbocycles. The molecule has 0 radical (unpaired) electrons. The zero-order chi connectivity index (χ0) is 20.3. The van der Waals surface area contributed by atoms with Crippen LogP contribution in [0.5, 0.6) is 0 Å². The number of likely N-dealkylation sites (tertiary alicyclic amines) is 2. The van der Waals surface area contributed by atoms with Gasteiger partial charge in [0.25, 0.3) is 0 Å². The lowest BCUT2D eigenvalue weighted by molar-refractivity contribution is -0.0328. The number of hydrogen-bond donors (Lipinski definition) is 0. The second-order valence-corrected chi connectivity index (χ2v) is 9.85. The molecule has 3 nitrogen and oxygen atoms in total. The van der Waals surface area contributed by atoms with Crippen molar-refractivity contribution in [3.63, 3.8) is 0 Å². The number of halogens is 3. The van der Waals surface area contributed by atoms with Crippen molar-refractivity contribution in [1.82, 2.24) is 9.80 Å². The van der Waals surface area contributed by atoms with E-state index < -0.39 is 5.51 Å². The van der Waals surface area contributed by atoms with E-state index in [-0.39, 0.29) is 16.7 Å². The molecule has 0 aromatic heterocycles. The van der Waals surface area contributed by atoms with Crippen LogP contribution in [0.15, 0.2) is 29.2 Å². The average Bonchev–Trinajstić information content (AvgIpc) is 3.14. The van der Waals surface area contributed by atoms with Gasteiger partial charge in [-0.3, -0.25) is 4.90 Å². The first-order chi connectivity index (χ1) is 14.0. The van der Waals surface area contributed by atoms with Gasteiger partial charge in [-0.15, -0.1) is 0 Å². The molecule has 3 aliphatic rings. The highest BCUT2D eigenvalue weighted by molar-refractivity contribution is 8.00. The number of hydrogen-bond acceptors (Lipinski definition) is 4. The highest BCUT2D eigenvalue weighted by atomic mass is 32.2. The van der Waals surface area contributed by atoms with Crippen molar-refractivity contribution in [1.29, 1.82) is 0 Å². The van der Waals surface area contributed by atoms with Gasteiger partial charge in [0.05, 0.1) is 6.61 Å². The molecular weight excluding hydrogens is 397 g/mol. The normalized spacial score (nSPS) is 27.9. The zero-order valence-electron chi connectivity index (χ0n) is 16.9. The van der Waals surface area contributed by atoms with Gasteiger partial charge in [-0.05, 0) is 79.6 Å². The van der Waals surface area contributed by atoms with Crippen molar-refractivity contribution >= 4 is 11.8 Å². The third kappa shape index (κ3) is 6.36. The van der Waals surface area contributed by atoms with Crippen LogP contribution >= 0.6 is 11.8 Å². The minimum absolute atomic E-state index is 0.0513.